The number of piperidine rings is 1. The number of aliphatic hydroxyl groups is 1. The third-order valence-corrected chi connectivity index (χ3v) is 8.02. The molecule has 2 heterocycles. The van der Waals surface area contributed by atoms with E-state index >= 15 is 0 Å². The van der Waals surface area contributed by atoms with Crippen LogP contribution in [0.25, 0.3) is 10.9 Å². The highest BCUT2D eigenvalue weighted by atomic mass is 32.2. The number of likely N-dealkylation sites (tertiary alicyclic amines) is 1. The third-order valence-electron chi connectivity index (χ3n) is 6.63. The summed E-state index contributed by atoms with van der Waals surface area (Å²) in [7, 11) is 0. The van der Waals surface area contributed by atoms with Crippen molar-refractivity contribution in [2.24, 2.45) is 5.92 Å². The lowest BCUT2D eigenvalue weighted by Crippen LogP contribution is -2.42. The SMILES string of the molecule is CC(C)(C)OC(=O)N1CCC(COc2cc(F)c3c(=O)[nH]c(CS[C@H]4CC[C@H](O)CC4)nc3c2)CC1. The van der Waals surface area contributed by atoms with Gasteiger partial charge in [-0.15, -0.1) is 0 Å². The molecule has 1 aliphatic heterocycles. The van der Waals surface area contributed by atoms with Gasteiger partial charge in [-0.1, -0.05) is 0 Å². The Bertz CT molecular complexity index is 1120. The van der Waals surface area contributed by atoms with E-state index < -0.39 is 17.0 Å². The second-order valence-electron chi connectivity index (χ2n) is 10.8. The molecule has 1 saturated carbocycles. The molecule has 1 aliphatic carbocycles. The van der Waals surface area contributed by atoms with Gasteiger partial charge in [0, 0.05) is 30.5 Å². The van der Waals surface area contributed by atoms with E-state index in [2.05, 4.69) is 9.97 Å². The van der Waals surface area contributed by atoms with Crippen molar-refractivity contribution in [1.29, 1.82) is 0 Å². The summed E-state index contributed by atoms with van der Waals surface area (Å²) in [5, 5.41) is 10.0. The molecule has 8 nitrogen and oxygen atoms in total. The average molecular weight is 522 g/mol. The Morgan fingerprint density at radius 1 is 1.19 bits per heavy atom. The number of carbonyl (C=O) groups excluding carboxylic acids is 1. The maximum absolute atomic E-state index is 14.8. The van der Waals surface area contributed by atoms with Crippen molar-refractivity contribution in [3.05, 3.63) is 34.1 Å². The number of thioether (sulfide) groups is 1. The van der Waals surface area contributed by atoms with Gasteiger partial charge >= 0.3 is 6.09 Å². The van der Waals surface area contributed by atoms with Crippen LogP contribution in [-0.2, 0) is 10.5 Å². The van der Waals surface area contributed by atoms with E-state index in [0.717, 1.165) is 38.5 Å². The lowest BCUT2D eigenvalue weighted by atomic mass is 9.97. The Labute approximate surface area is 215 Å². The molecule has 36 heavy (non-hydrogen) atoms. The summed E-state index contributed by atoms with van der Waals surface area (Å²) >= 11 is 1.71. The number of H-pyrrole nitrogens is 1. The Balaban J connectivity index is 1.34. The fourth-order valence-electron chi connectivity index (χ4n) is 4.63. The van der Waals surface area contributed by atoms with Crippen LogP contribution >= 0.6 is 11.8 Å². The zero-order chi connectivity index (χ0) is 25.9. The Kier molecular flexibility index (Phi) is 8.44. The van der Waals surface area contributed by atoms with Gasteiger partial charge in [-0.2, -0.15) is 11.8 Å². The molecule has 1 aromatic carbocycles. The molecule has 10 heteroatoms. The smallest absolute Gasteiger partial charge is 0.410 e. The van der Waals surface area contributed by atoms with Gasteiger partial charge in [0.05, 0.1) is 24.0 Å². The van der Waals surface area contributed by atoms with Crippen molar-refractivity contribution >= 4 is 28.8 Å². The molecule has 1 amide bonds. The van der Waals surface area contributed by atoms with Gasteiger partial charge < -0.3 is 24.5 Å². The first-order chi connectivity index (χ1) is 17.1. The van der Waals surface area contributed by atoms with E-state index in [9.17, 15) is 19.1 Å². The third kappa shape index (κ3) is 7.12. The highest BCUT2D eigenvalue weighted by Gasteiger charge is 2.27. The van der Waals surface area contributed by atoms with E-state index in [1.54, 1.807) is 22.7 Å². The summed E-state index contributed by atoms with van der Waals surface area (Å²) in [6.07, 6.45) is 4.50. The van der Waals surface area contributed by atoms with Gasteiger partial charge in [0.2, 0.25) is 0 Å². The fraction of sp³-hybridized carbons (Fsp3) is 0.654. The van der Waals surface area contributed by atoms with Crippen molar-refractivity contribution in [2.75, 3.05) is 19.7 Å². The fourth-order valence-corrected chi connectivity index (χ4v) is 5.77. The molecule has 2 fully saturated rings. The zero-order valence-corrected chi connectivity index (χ0v) is 22.0. The predicted molar refractivity (Wildman–Crippen MR) is 138 cm³/mol. The van der Waals surface area contributed by atoms with E-state index in [0.29, 0.717) is 42.3 Å². The van der Waals surface area contributed by atoms with Crippen LogP contribution in [0.2, 0.25) is 0 Å². The first-order valence-corrected chi connectivity index (χ1v) is 13.7. The Hall–Kier alpha value is -2.33. The van der Waals surface area contributed by atoms with Gasteiger partial charge in [0.1, 0.15) is 28.4 Å². The normalized spacial score (nSPS) is 21.5. The van der Waals surface area contributed by atoms with E-state index in [1.807, 2.05) is 20.8 Å². The number of rotatable bonds is 6. The standard InChI is InChI=1S/C26H36FN3O5S/c1-26(2,3)35-25(33)30-10-8-16(9-11-30)14-34-18-12-20(27)23-21(13-18)28-22(29-24(23)32)15-36-19-6-4-17(31)5-7-19/h12-13,16-17,19,31H,4-11,14-15H2,1-3H3,(H,28,29,32)/t17-,19-. The molecule has 1 aromatic heterocycles. The van der Waals surface area contributed by atoms with Gasteiger partial charge in [-0.3, -0.25) is 4.79 Å². The molecule has 4 rings (SSSR count). The number of hydrogen-bond acceptors (Lipinski definition) is 7. The molecular formula is C26H36FN3O5S. The summed E-state index contributed by atoms with van der Waals surface area (Å²) < 4.78 is 26.1. The average Bonchev–Trinajstić information content (AvgIpc) is 2.81. The monoisotopic (exact) mass is 521 g/mol. The lowest BCUT2D eigenvalue weighted by Gasteiger charge is -2.33. The van der Waals surface area contributed by atoms with Crippen molar-refractivity contribution in [3.63, 3.8) is 0 Å². The van der Waals surface area contributed by atoms with E-state index in [1.165, 1.54) is 6.07 Å². The molecule has 2 aromatic rings. The number of benzene rings is 1. The Morgan fingerprint density at radius 2 is 1.89 bits per heavy atom. The van der Waals surface area contributed by atoms with Crippen LogP contribution < -0.4 is 10.3 Å². The Morgan fingerprint density at radius 3 is 2.56 bits per heavy atom. The van der Waals surface area contributed by atoms with Crippen LogP contribution in [0.15, 0.2) is 16.9 Å². The van der Waals surface area contributed by atoms with Crippen LogP contribution in [0.3, 0.4) is 0 Å². The number of hydrogen-bond donors (Lipinski definition) is 2. The summed E-state index contributed by atoms with van der Waals surface area (Å²) in [6, 6.07) is 2.85. The number of aromatic nitrogens is 2. The topological polar surface area (TPSA) is 105 Å². The predicted octanol–water partition coefficient (Wildman–Crippen LogP) is 4.62. The van der Waals surface area contributed by atoms with Crippen LogP contribution in [0.5, 0.6) is 5.75 Å². The number of nitrogens with zero attached hydrogens (tertiary/aromatic N) is 2. The molecule has 2 aliphatic rings. The number of aromatic amines is 1. The summed E-state index contributed by atoms with van der Waals surface area (Å²) in [5.74, 6) is 0.948. The van der Waals surface area contributed by atoms with Gasteiger partial charge in [-0.05, 0) is 65.2 Å². The van der Waals surface area contributed by atoms with Crippen LogP contribution in [0.4, 0.5) is 9.18 Å². The molecule has 2 N–H and O–H groups in total. The molecule has 0 unspecified atom stereocenters. The summed E-state index contributed by atoms with van der Waals surface area (Å²) in [4.78, 5) is 33.7. The van der Waals surface area contributed by atoms with Crippen molar-refractivity contribution in [3.8, 4) is 5.75 Å². The number of halogens is 1. The first kappa shape index (κ1) is 26.7. The minimum atomic E-state index is -0.656. The second-order valence-corrected chi connectivity index (χ2v) is 12.1. The first-order valence-electron chi connectivity index (χ1n) is 12.7. The molecule has 0 bridgehead atoms. The minimum absolute atomic E-state index is 0.0671. The molecular weight excluding hydrogens is 485 g/mol. The van der Waals surface area contributed by atoms with Crippen molar-refractivity contribution < 1.29 is 23.8 Å². The highest BCUT2D eigenvalue weighted by Crippen LogP contribution is 2.30. The minimum Gasteiger partial charge on any atom is -0.493 e. The number of nitrogens with one attached hydrogen (secondary N) is 1. The zero-order valence-electron chi connectivity index (χ0n) is 21.2. The number of aliphatic hydroxyl groups excluding tert-OH is 1. The molecule has 198 valence electrons. The van der Waals surface area contributed by atoms with E-state index in [4.69, 9.17) is 9.47 Å². The number of amides is 1. The van der Waals surface area contributed by atoms with Crippen LogP contribution in [-0.4, -0.2) is 62.7 Å². The van der Waals surface area contributed by atoms with Crippen LogP contribution in [0.1, 0.15) is 65.1 Å². The number of fused-ring (bicyclic) bond motifs is 1. The highest BCUT2D eigenvalue weighted by molar-refractivity contribution is 7.99. The maximum atomic E-state index is 14.8. The maximum Gasteiger partial charge on any atom is 0.410 e. The van der Waals surface area contributed by atoms with Crippen LogP contribution in [0, 0.1) is 11.7 Å². The van der Waals surface area contributed by atoms with Gasteiger partial charge in [0.15, 0.2) is 0 Å². The second kappa shape index (κ2) is 11.4. The molecule has 0 atom stereocenters. The molecule has 0 spiro atoms. The molecule has 1 saturated heterocycles. The summed E-state index contributed by atoms with van der Waals surface area (Å²) in [5.41, 5.74) is -0.735. The van der Waals surface area contributed by atoms with Gasteiger partial charge in [-0.25, -0.2) is 14.2 Å². The largest absolute Gasteiger partial charge is 0.493 e. The number of ether oxygens (including phenoxy) is 2. The van der Waals surface area contributed by atoms with E-state index in [-0.39, 0.29) is 29.0 Å². The van der Waals surface area contributed by atoms with Crippen molar-refractivity contribution in [2.45, 2.75) is 82.0 Å². The lowest BCUT2D eigenvalue weighted by molar-refractivity contribution is 0.0165. The van der Waals surface area contributed by atoms with Crippen molar-refractivity contribution in [1.82, 2.24) is 14.9 Å². The van der Waals surface area contributed by atoms with Gasteiger partial charge in [0.25, 0.3) is 5.56 Å². The number of carbonyl (C=O) groups is 1. The summed E-state index contributed by atoms with van der Waals surface area (Å²) in [6.45, 7) is 7.12. The molecule has 0 radical (unpaired) electrons. The quantitative estimate of drug-likeness (QED) is 0.571.